The molecule has 3 unspecified atom stereocenters. The van der Waals surface area contributed by atoms with Crippen LogP contribution in [0.4, 0.5) is 13.2 Å². The van der Waals surface area contributed by atoms with Crippen LogP contribution in [-0.2, 0) is 0 Å². The lowest BCUT2D eigenvalue weighted by molar-refractivity contribution is -0.194. The summed E-state index contributed by atoms with van der Waals surface area (Å²) >= 11 is 0. The molecule has 0 amide bonds. The van der Waals surface area contributed by atoms with Crippen LogP contribution >= 0.6 is 0 Å². The third-order valence-electron chi connectivity index (χ3n) is 4.89. The molecule has 0 spiro atoms. The van der Waals surface area contributed by atoms with Crippen LogP contribution in [0.15, 0.2) is 0 Å². The lowest BCUT2D eigenvalue weighted by atomic mass is 9.73. The SMILES string of the molecule is CC(C)CC(C)N(C)C1(CN)CCCC(C(F)(F)F)C1. The molecule has 5 heteroatoms. The maximum Gasteiger partial charge on any atom is 0.391 e. The molecule has 0 aromatic heterocycles. The third kappa shape index (κ3) is 4.10. The van der Waals surface area contributed by atoms with Crippen molar-refractivity contribution in [2.24, 2.45) is 17.6 Å². The van der Waals surface area contributed by atoms with Crippen LogP contribution in [-0.4, -0.2) is 36.2 Å². The zero-order valence-electron chi connectivity index (χ0n) is 13.1. The van der Waals surface area contributed by atoms with Crippen molar-refractivity contribution >= 4 is 0 Å². The molecule has 1 aliphatic carbocycles. The van der Waals surface area contributed by atoms with Crippen LogP contribution < -0.4 is 5.73 Å². The van der Waals surface area contributed by atoms with Crippen LogP contribution in [0.3, 0.4) is 0 Å². The van der Waals surface area contributed by atoms with Crippen molar-refractivity contribution in [1.29, 1.82) is 0 Å². The number of hydrogen-bond acceptors (Lipinski definition) is 2. The number of likely N-dealkylation sites (N-methyl/N-ethyl adjacent to an activating group) is 1. The minimum atomic E-state index is -4.09. The van der Waals surface area contributed by atoms with E-state index in [0.717, 1.165) is 12.8 Å². The van der Waals surface area contributed by atoms with Gasteiger partial charge in [0.1, 0.15) is 0 Å². The summed E-state index contributed by atoms with van der Waals surface area (Å²) in [6.07, 6.45) is -1.34. The summed E-state index contributed by atoms with van der Waals surface area (Å²) in [5, 5.41) is 0. The van der Waals surface area contributed by atoms with Gasteiger partial charge < -0.3 is 5.73 Å². The summed E-state index contributed by atoms with van der Waals surface area (Å²) in [5.41, 5.74) is 5.41. The van der Waals surface area contributed by atoms with Gasteiger partial charge in [-0.3, -0.25) is 4.90 Å². The van der Waals surface area contributed by atoms with E-state index in [0.29, 0.717) is 18.9 Å². The molecule has 0 saturated heterocycles. The molecule has 2 N–H and O–H groups in total. The quantitative estimate of drug-likeness (QED) is 0.835. The van der Waals surface area contributed by atoms with E-state index in [-0.39, 0.29) is 18.9 Å². The molecule has 0 heterocycles. The Balaban J connectivity index is 2.85. The molecule has 2 nitrogen and oxygen atoms in total. The van der Waals surface area contributed by atoms with Gasteiger partial charge in [0.2, 0.25) is 0 Å². The molecule has 1 saturated carbocycles. The minimum absolute atomic E-state index is 0.145. The Kier molecular flexibility index (Phi) is 5.90. The van der Waals surface area contributed by atoms with Crippen molar-refractivity contribution in [2.45, 2.75) is 70.6 Å². The lowest BCUT2D eigenvalue weighted by Gasteiger charge is -2.49. The van der Waals surface area contributed by atoms with Crippen molar-refractivity contribution in [3.05, 3.63) is 0 Å². The fraction of sp³-hybridized carbons (Fsp3) is 1.00. The zero-order chi connectivity index (χ0) is 15.6. The van der Waals surface area contributed by atoms with Crippen LogP contribution in [0.5, 0.6) is 0 Å². The van der Waals surface area contributed by atoms with Crippen LogP contribution in [0.2, 0.25) is 0 Å². The minimum Gasteiger partial charge on any atom is -0.329 e. The summed E-state index contributed by atoms with van der Waals surface area (Å²) in [4.78, 5) is 2.12. The summed E-state index contributed by atoms with van der Waals surface area (Å²) in [6, 6.07) is 0.255. The molecule has 1 aliphatic rings. The Morgan fingerprint density at radius 1 is 1.30 bits per heavy atom. The van der Waals surface area contributed by atoms with Gasteiger partial charge in [-0.05, 0) is 45.6 Å². The molecule has 0 radical (unpaired) electrons. The number of halogens is 3. The monoisotopic (exact) mass is 294 g/mol. The van der Waals surface area contributed by atoms with Gasteiger partial charge >= 0.3 is 6.18 Å². The molecular weight excluding hydrogens is 265 g/mol. The Morgan fingerprint density at radius 3 is 2.35 bits per heavy atom. The second kappa shape index (κ2) is 6.65. The Labute approximate surface area is 120 Å². The number of nitrogens with zero attached hydrogens (tertiary/aromatic N) is 1. The van der Waals surface area contributed by atoms with Crippen molar-refractivity contribution < 1.29 is 13.2 Å². The van der Waals surface area contributed by atoms with Gasteiger partial charge in [-0.15, -0.1) is 0 Å². The number of nitrogens with two attached hydrogens (primary N) is 1. The fourth-order valence-electron chi connectivity index (χ4n) is 3.58. The molecule has 0 aromatic rings. The number of hydrogen-bond donors (Lipinski definition) is 1. The van der Waals surface area contributed by atoms with Gasteiger partial charge in [0.25, 0.3) is 0 Å². The maximum atomic E-state index is 13.0. The first-order chi connectivity index (χ1) is 9.12. The molecule has 0 aromatic carbocycles. The molecule has 1 rings (SSSR count). The maximum absolute atomic E-state index is 13.0. The van der Waals surface area contributed by atoms with Gasteiger partial charge in [-0.1, -0.05) is 20.3 Å². The average molecular weight is 294 g/mol. The second-order valence-electron chi connectivity index (χ2n) is 6.85. The Morgan fingerprint density at radius 2 is 1.90 bits per heavy atom. The van der Waals surface area contributed by atoms with Crippen LogP contribution in [0.25, 0.3) is 0 Å². The number of alkyl halides is 3. The highest BCUT2D eigenvalue weighted by Crippen LogP contribution is 2.44. The van der Waals surface area contributed by atoms with E-state index >= 15 is 0 Å². The van der Waals surface area contributed by atoms with Crippen molar-refractivity contribution in [2.75, 3.05) is 13.6 Å². The first kappa shape index (κ1) is 17.8. The summed E-state index contributed by atoms with van der Waals surface area (Å²) in [5.74, 6) is -0.669. The smallest absolute Gasteiger partial charge is 0.329 e. The van der Waals surface area contributed by atoms with Gasteiger partial charge in [-0.2, -0.15) is 13.2 Å². The lowest BCUT2D eigenvalue weighted by Crippen LogP contribution is -2.58. The second-order valence-corrected chi connectivity index (χ2v) is 6.85. The van der Waals surface area contributed by atoms with Crippen molar-refractivity contribution in [3.8, 4) is 0 Å². The molecule has 120 valence electrons. The largest absolute Gasteiger partial charge is 0.391 e. The Hall–Kier alpha value is -0.290. The average Bonchev–Trinajstić information content (AvgIpc) is 2.36. The first-order valence-electron chi connectivity index (χ1n) is 7.62. The van der Waals surface area contributed by atoms with E-state index in [1.54, 1.807) is 0 Å². The summed E-state index contributed by atoms with van der Waals surface area (Å²) in [7, 11) is 1.94. The molecular formula is C15H29F3N2. The van der Waals surface area contributed by atoms with Crippen LogP contribution in [0, 0.1) is 11.8 Å². The van der Waals surface area contributed by atoms with Gasteiger partial charge in [0.15, 0.2) is 0 Å². The molecule has 20 heavy (non-hydrogen) atoms. The van der Waals surface area contributed by atoms with Crippen molar-refractivity contribution in [1.82, 2.24) is 4.90 Å². The number of rotatable bonds is 5. The molecule has 0 aliphatic heterocycles. The Bertz CT molecular complexity index is 304. The topological polar surface area (TPSA) is 29.3 Å². The van der Waals surface area contributed by atoms with Gasteiger partial charge in [0.05, 0.1) is 5.92 Å². The van der Waals surface area contributed by atoms with E-state index in [1.807, 2.05) is 7.05 Å². The molecule has 0 bridgehead atoms. The van der Waals surface area contributed by atoms with Gasteiger partial charge in [-0.25, -0.2) is 0 Å². The van der Waals surface area contributed by atoms with E-state index in [2.05, 4.69) is 25.7 Å². The summed E-state index contributed by atoms with van der Waals surface area (Å²) < 4.78 is 39.1. The highest BCUT2D eigenvalue weighted by atomic mass is 19.4. The van der Waals surface area contributed by atoms with Gasteiger partial charge in [0, 0.05) is 18.1 Å². The predicted molar refractivity (Wildman–Crippen MR) is 76.5 cm³/mol. The van der Waals surface area contributed by atoms with E-state index in [4.69, 9.17) is 5.73 Å². The fourth-order valence-corrected chi connectivity index (χ4v) is 3.58. The van der Waals surface area contributed by atoms with E-state index < -0.39 is 17.6 Å². The van der Waals surface area contributed by atoms with Crippen molar-refractivity contribution in [3.63, 3.8) is 0 Å². The molecule has 1 fully saturated rings. The van der Waals surface area contributed by atoms with Crippen LogP contribution in [0.1, 0.15) is 52.9 Å². The van der Waals surface area contributed by atoms with E-state index in [1.165, 1.54) is 0 Å². The standard InChI is InChI=1S/C15H29F3N2/c1-11(2)8-12(3)20(4)14(10-19)7-5-6-13(9-14)15(16,17)18/h11-13H,5-10,19H2,1-4H3. The normalized spacial score (nSPS) is 30.0. The highest BCUT2D eigenvalue weighted by Gasteiger charge is 2.49. The zero-order valence-corrected chi connectivity index (χ0v) is 13.1. The first-order valence-corrected chi connectivity index (χ1v) is 7.62. The molecule has 3 atom stereocenters. The highest BCUT2D eigenvalue weighted by molar-refractivity contribution is 4.98. The third-order valence-corrected chi connectivity index (χ3v) is 4.89. The predicted octanol–water partition coefficient (Wildman–Crippen LogP) is 3.80. The summed E-state index contributed by atoms with van der Waals surface area (Å²) in [6.45, 7) is 6.67. The van der Waals surface area contributed by atoms with E-state index in [9.17, 15) is 13.2 Å².